The van der Waals surface area contributed by atoms with Gasteiger partial charge in [0.25, 0.3) is 0 Å². The number of hydrogen-bond acceptors (Lipinski definition) is 5. The molecule has 0 aliphatic carbocycles. The van der Waals surface area contributed by atoms with Gasteiger partial charge in [-0.25, -0.2) is 9.78 Å². The third-order valence-electron chi connectivity index (χ3n) is 4.59. The molecule has 0 radical (unpaired) electrons. The fraction of sp³-hybridized carbons (Fsp3) is 0.429. The van der Waals surface area contributed by atoms with Crippen molar-refractivity contribution in [2.75, 3.05) is 40.0 Å². The lowest BCUT2D eigenvalue weighted by Crippen LogP contribution is -2.53. The molecule has 1 aliphatic rings. The van der Waals surface area contributed by atoms with Crippen molar-refractivity contribution in [2.24, 2.45) is 0 Å². The molecule has 2 aromatic rings. The molecule has 2 atom stereocenters. The lowest BCUT2D eigenvalue weighted by molar-refractivity contribution is -0.0737. The van der Waals surface area contributed by atoms with Crippen LogP contribution in [-0.4, -0.2) is 62.0 Å². The van der Waals surface area contributed by atoms with Gasteiger partial charge in [-0.3, -0.25) is 0 Å². The molecule has 1 saturated heterocycles. The molecule has 3 rings (SSSR count). The van der Waals surface area contributed by atoms with Gasteiger partial charge in [-0.1, -0.05) is 36.4 Å². The predicted octanol–water partition coefficient (Wildman–Crippen LogP) is 2.65. The first kappa shape index (κ1) is 20.1. The maximum absolute atomic E-state index is 12.8. The summed E-state index contributed by atoms with van der Waals surface area (Å²) in [5.41, 5.74) is 1.02. The minimum absolute atomic E-state index is 0.101. The van der Waals surface area contributed by atoms with Crippen molar-refractivity contribution < 1.29 is 19.0 Å². The van der Waals surface area contributed by atoms with Crippen molar-refractivity contribution >= 4 is 6.03 Å². The van der Waals surface area contributed by atoms with Gasteiger partial charge in [0.05, 0.1) is 12.6 Å². The number of carbonyl (C=O) groups excluding carboxylic acids is 1. The van der Waals surface area contributed by atoms with Crippen LogP contribution in [0.4, 0.5) is 4.79 Å². The van der Waals surface area contributed by atoms with Crippen LogP contribution < -0.4 is 10.1 Å². The molecular weight excluding hydrogens is 358 g/mol. The number of carbonyl (C=O) groups is 1. The van der Waals surface area contributed by atoms with E-state index in [0.29, 0.717) is 38.8 Å². The quantitative estimate of drug-likeness (QED) is 0.708. The number of aromatic nitrogens is 1. The van der Waals surface area contributed by atoms with Gasteiger partial charge < -0.3 is 24.4 Å². The standard InChI is InChI=1S/C21H27N3O4/c1-26-14-7-12-23-21(25)24-13-15-27-18(16-28-19-10-5-6-11-22-19)20(24)17-8-3-2-4-9-17/h2-6,8-11,18,20H,7,12-16H2,1H3,(H,23,25)/t18-,20-/m0/s1. The molecule has 2 amide bonds. The molecule has 1 fully saturated rings. The van der Waals surface area contributed by atoms with E-state index in [1.165, 1.54) is 0 Å². The van der Waals surface area contributed by atoms with Crippen LogP contribution in [0, 0.1) is 0 Å². The van der Waals surface area contributed by atoms with Crippen LogP contribution >= 0.6 is 0 Å². The van der Waals surface area contributed by atoms with E-state index in [4.69, 9.17) is 14.2 Å². The SMILES string of the molecule is COCCCNC(=O)N1CCO[C@@H](COc2ccccn2)[C@@H]1c1ccccc1. The van der Waals surface area contributed by atoms with E-state index in [0.717, 1.165) is 12.0 Å². The molecule has 1 N–H and O–H groups in total. The average molecular weight is 385 g/mol. The summed E-state index contributed by atoms with van der Waals surface area (Å²) in [6.45, 7) is 2.48. The van der Waals surface area contributed by atoms with Crippen molar-refractivity contribution in [3.05, 3.63) is 60.3 Å². The number of benzene rings is 1. The van der Waals surface area contributed by atoms with Crippen LogP contribution in [0.2, 0.25) is 0 Å². The fourth-order valence-electron chi connectivity index (χ4n) is 3.26. The maximum Gasteiger partial charge on any atom is 0.318 e. The Hall–Kier alpha value is -2.64. The van der Waals surface area contributed by atoms with Crippen molar-refractivity contribution in [1.29, 1.82) is 0 Å². The third-order valence-corrected chi connectivity index (χ3v) is 4.59. The van der Waals surface area contributed by atoms with Gasteiger partial charge in [0.15, 0.2) is 0 Å². The van der Waals surface area contributed by atoms with E-state index in [-0.39, 0.29) is 18.2 Å². The summed E-state index contributed by atoms with van der Waals surface area (Å²) in [5, 5.41) is 2.98. The molecule has 1 aliphatic heterocycles. The Kier molecular flexibility index (Phi) is 7.63. The second-order valence-electron chi connectivity index (χ2n) is 6.52. The van der Waals surface area contributed by atoms with Crippen LogP contribution in [0.15, 0.2) is 54.7 Å². The van der Waals surface area contributed by atoms with Gasteiger partial charge in [-0.05, 0) is 18.1 Å². The number of nitrogens with one attached hydrogen (secondary N) is 1. The number of amides is 2. The van der Waals surface area contributed by atoms with E-state index in [9.17, 15) is 4.79 Å². The molecule has 0 saturated carbocycles. The smallest absolute Gasteiger partial charge is 0.318 e. The Labute approximate surface area is 165 Å². The number of pyridine rings is 1. The Morgan fingerprint density at radius 2 is 2.07 bits per heavy atom. The number of methoxy groups -OCH3 is 1. The lowest BCUT2D eigenvalue weighted by Gasteiger charge is -2.41. The Bertz CT molecular complexity index is 714. The van der Waals surface area contributed by atoms with E-state index in [2.05, 4.69) is 10.3 Å². The summed E-state index contributed by atoms with van der Waals surface area (Å²) in [4.78, 5) is 18.9. The number of urea groups is 1. The largest absolute Gasteiger partial charge is 0.475 e. The zero-order valence-electron chi connectivity index (χ0n) is 16.1. The summed E-state index contributed by atoms with van der Waals surface area (Å²) >= 11 is 0. The van der Waals surface area contributed by atoms with Crippen LogP contribution in [0.5, 0.6) is 5.88 Å². The van der Waals surface area contributed by atoms with Crippen LogP contribution in [0.25, 0.3) is 0 Å². The molecule has 0 spiro atoms. The zero-order chi connectivity index (χ0) is 19.6. The highest BCUT2D eigenvalue weighted by Gasteiger charge is 2.36. The third kappa shape index (κ3) is 5.43. The Balaban J connectivity index is 1.71. The van der Waals surface area contributed by atoms with Crippen LogP contribution in [-0.2, 0) is 9.47 Å². The Morgan fingerprint density at radius 1 is 1.25 bits per heavy atom. The van der Waals surface area contributed by atoms with E-state index >= 15 is 0 Å². The molecule has 1 aromatic carbocycles. The summed E-state index contributed by atoms with van der Waals surface area (Å²) in [6, 6.07) is 15.1. The molecule has 1 aromatic heterocycles. The van der Waals surface area contributed by atoms with Gasteiger partial charge in [-0.15, -0.1) is 0 Å². The number of morpholine rings is 1. The minimum Gasteiger partial charge on any atom is -0.475 e. The minimum atomic E-state index is -0.289. The number of hydrogen-bond donors (Lipinski definition) is 1. The molecule has 28 heavy (non-hydrogen) atoms. The van der Waals surface area contributed by atoms with Crippen LogP contribution in [0.3, 0.4) is 0 Å². The topological polar surface area (TPSA) is 72.9 Å². The maximum atomic E-state index is 12.8. The number of ether oxygens (including phenoxy) is 3. The van der Waals surface area contributed by atoms with Crippen molar-refractivity contribution in [3.63, 3.8) is 0 Å². The number of nitrogens with zero attached hydrogens (tertiary/aromatic N) is 2. The second-order valence-corrected chi connectivity index (χ2v) is 6.52. The second kappa shape index (κ2) is 10.6. The van der Waals surface area contributed by atoms with Crippen LogP contribution in [0.1, 0.15) is 18.0 Å². The Morgan fingerprint density at radius 3 is 2.82 bits per heavy atom. The molecule has 2 heterocycles. The van der Waals surface area contributed by atoms with Crippen molar-refractivity contribution in [1.82, 2.24) is 15.2 Å². The molecule has 0 bridgehead atoms. The highest BCUT2D eigenvalue weighted by molar-refractivity contribution is 5.75. The molecule has 0 unspecified atom stereocenters. The molecule has 7 nitrogen and oxygen atoms in total. The van der Waals surface area contributed by atoms with Gasteiger partial charge >= 0.3 is 6.03 Å². The van der Waals surface area contributed by atoms with E-state index in [1.807, 2.05) is 47.4 Å². The highest BCUT2D eigenvalue weighted by Crippen LogP contribution is 2.30. The molecule has 150 valence electrons. The summed E-state index contributed by atoms with van der Waals surface area (Å²) < 4.78 is 16.9. The highest BCUT2D eigenvalue weighted by atomic mass is 16.5. The van der Waals surface area contributed by atoms with Gasteiger partial charge in [0.2, 0.25) is 5.88 Å². The fourth-order valence-corrected chi connectivity index (χ4v) is 3.26. The summed E-state index contributed by atoms with van der Waals surface area (Å²) in [7, 11) is 1.65. The van der Waals surface area contributed by atoms with E-state index in [1.54, 1.807) is 19.4 Å². The summed E-state index contributed by atoms with van der Waals surface area (Å²) in [5.74, 6) is 0.541. The normalized spacial score (nSPS) is 19.2. The first-order valence-corrected chi connectivity index (χ1v) is 9.53. The monoisotopic (exact) mass is 385 g/mol. The van der Waals surface area contributed by atoms with Crippen molar-refractivity contribution in [2.45, 2.75) is 18.6 Å². The first-order valence-electron chi connectivity index (χ1n) is 9.53. The van der Waals surface area contributed by atoms with Crippen molar-refractivity contribution in [3.8, 4) is 5.88 Å². The summed E-state index contributed by atoms with van der Waals surface area (Å²) in [6.07, 6.45) is 2.17. The molecular formula is C21H27N3O4. The average Bonchev–Trinajstić information content (AvgIpc) is 2.76. The zero-order valence-corrected chi connectivity index (χ0v) is 16.1. The predicted molar refractivity (Wildman–Crippen MR) is 105 cm³/mol. The van der Waals surface area contributed by atoms with E-state index < -0.39 is 0 Å². The lowest BCUT2D eigenvalue weighted by atomic mass is 9.98. The van der Waals surface area contributed by atoms with Gasteiger partial charge in [-0.2, -0.15) is 0 Å². The number of rotatable bonds is 8. The van der Waals surface area contributed by atoms with Gasteiger partial charge in [0.1, 0.15) is 12.7 Å². The first-order chi connectivity index (χ1) is 13.8. The molecule has 7 heteroatoms. The van der Waals surface area contributed by atoms with Gasteiger partial charge in [0, 0.05) is 39.1 Å².